The van der Waals surface area contributed by atoms with Gasteiger partial charge in [0.25, 0.3) is 0 Å². The molecule has 0 aliphatic heterocycles. The highest BCUT2D eigenvalue weighted by molar-refractivity contribution is 5.95. The van der Waals surface area contributed by atoms with E-state index in [9.17, 15) is 4.79 Å². The summed E-state index contributed by atoms with van der Waals surface area (Å²) in [6, 6.07) is 4.99. The highest BCUT2D eigenvalue weighted by atomic mass is 16.5. The van der Waals surface area contributed by atoms with Gasteiger partial charge in [0.2, 0.25) is 5.88 Å². The van der Waals surface area contributed by atoms with Crippen molar-refractivity contribution in [2.24, 2.45) is 5.73 Å². The monoisotopic (exact) mass is 166 g/mol. The third-order valence-electron chi connectivity index (χ3n) is 1.40. The fourth-order valence-electron chi connectivity index (χ4n) is 0.788. The maximum Gasteiger partial charge on any atom is 0.213 e. The van der Waals surface area contributed by atoms with Gasteiger partial charge in [-0.3, -0.25) is 4.79 Å². The number of nitrogens with zero attached hydrogens (tertiary/aromatic N) is 1. The van der Waals surface area contributed by atoms with Crippen molar-refractivity contribution in [2.45, 2.75) is 0 Å². The predicted octanol–water partition coefficient (Wildman–Crippen LogP) is 0.232. The molecule has 0 aromatic carbocycles. The van der Waals surface area contributed by atoms with Crippen LogP contribution in [0.3, 0.4) is 0 Å². The maximum atomic E-state index is 11.0. The summed E-state index contributed by atoms with van der Waals surface area (Å²) in [6.45, 7) is -0.0276. The molecule has 12 heavy (non-hydrogen) atoms. The van der Waals surface area contributed by atoms with Crippen molar-refractivity contribution in [3.05, 3.63) is 23.9 Å². The lowest BCUT2D eigenvalue weighted by molar-refractivity contribution is 0.0996. The summed E-state index contributed by atoms with van der Waals surface area (Å²) >= 11 is 0. The number of ketones is 1. The Hall–Kier alpha value is -1.42. The largest absolute Gasteiger partial charge is 0.481 e. The molecule has 1 rings (SSSR count). The van der Waals surface area contributed by atoms with Gasteiger partial charge in [0.05, 0.1) is 13.7 Å². The van der Waals surface area contributed by atoms with Gasteiger partial charge in [0.15, 0.2) is 5.78 Å². The number of pyridine rings is 1. The highest BCUT2D eigenvalue weighted by Crippen LogP contribution is 2.06. The topological polar surface area (TPSA) is 65.2 Å². The normalized spacial score (nSPS) is 9.50. The number of hydrogen-bond acceptors (Lipinski definition) is 4. The third kappa shape index (κ3) is 1.79. The Labute approximate surface area is 70.4 Å². The van der Waals surface area contributed by atoms with E-state index >= 15 is 0 Å². The Bertz CT molecular complexity index is 286. The van der Waals surface area contributed by atoms with E-state index in [0.29, 0.717) is 11.6 Å². The maximum absolute atomic E-state index is 11.0. The lowest BCUT2D eigenvalue weighted by Crippen LogP contribution is -2.15. The van der Waals surface area contributed by atoms with Gasteiger partial charge < -0.3 is 10.5 Å². The molecule has 0 fully saturated rings. The second-order valence-corrected chi connectivity index (χ2v) is 2.19. The molecule has 0 unspecified atom stereocenters. The SMILES string of the molecule is COc1cccc(C(=O)CN)n1. The average Bonchev–Trinajstić information content (AvgIpc) is 2.17. The molecular weight excluding hydrogens is 156 g/mol. The molecule has 1 aromatic heterocycles. The molecule has 0 amide bonds. The summed E-state index contributed by atoms with van der Waals surface area (Å²) in [6.07, 6.45) is 0. The van der Waals surface area contributed by atoms with E-state index in [2.05, 4.69) is 4.98 Å². The predicted molar refractivity (Wildman–Crippen MR) is 44.2 cm³/mol. The molecule has 0 atom stereocenters. The number of rotatable bonds is 3. The fraction of sp³-hybridized carbons (Fsp3) is 0.250. The lowest BCUT2D eigenvalue weighted by atomic mass is 10.2. The number of carbonyl (C=O) groups is 1. The van der Waals surface area contributed by atoms with Gasteiger partial charge in [-0.15, -0.1) is 0 Å². The van der Waals surface area contributed by atoms with Crippen LogP contribution < -0.4 is 10.5 Å². The van der Waals surface area contributed by atoms with Crippen LogP contribution in [-0.2, 0) is 0 Å². The van der Waals surface area contributed by atoms with E-state index in [1.807, 2.05) is 0 Å². The minimum atomic E-state index is -0.186. The zero-order chi connectivity index (χ0) is 8.97. The van der Waals surface area contributed by atoms with Crippen molar-refractivity contribution in [1.82, 2.24) is 4.98 Å². The highest BCUT2D eigenvalue weighted by Gasteiger charge is 2.04. The molecule has 1 heterocycles. The van der Waals surface area contributed by atoms with Crippen molar-refractivity contribution >= 4 is 5.78 Å². The summed E-state index contributed by atoms with van der Waals surface area (Å²) in [5.74, 6) is 0.239. The molecule has 0 radical (unpaired) electrons. The van der Waals surface area contributed by atoms with Gasteiger partial charge in [0.1, 0.15) is 5.69 Å². The Kier molecular flexibility index (Phi) is 2.76. The molecule has 2 N–H and O–H groups in total. The van der Waals surface area contributed by atoms with Gasteiger partial charge >= 0.3 is 0 Å². The lowest BCUT2D eigenvalue weighted by Gasteiger charge is -2.00. The number of aromatic nitrogens is 1. The van der Waals surface area contributed by atoms with E-state index in [1.54, 1.807) is 18.2 Å². The van der Waals surface area contributed by atoms with Crippen molar-refractivity contribution in [2.75, 3.05) is 13.7 Å². The van der Waals surface area contributed by atoms with Crippen LogP contribution in [0.1, 0.15) is 10.5 Å². The zero-order valence-electron chi connectivity index (χ0n) is 6.78. The Morgan fingerprint density at radius 2 is 2.42 bits per heavy atom. The summed E-state index contributed by atoms with van der Waals surface area (Å²) in [5, 5.41) is 0. The van der Waals surface area contributed by atoms with Crippen molar-refractivity contribution in [3.8, 4) is 5.88 Å². The van der Waals surface area contributed by atoms with Crippen molar-refractivity contribution in [3.63, 3.8) is 0 Å². The van der Waals surface area contributed by atoms with E-state index in [-0.39, 0.29) is 12.3 Å². The first-order chi connectivity index (χ1) is 5.77. The molecular formula is C8H10N2O2. The molecule has 64 valence electrons. The van der Waals surface area contributed by atoms with Crippen LogP contribution in [0.4, 0.5) is 0 Å². The first-order valence-electron chi connectivity index (χ1n) is 3.52. The Morgan fingerprint density at radius 3 is 3.00 bits per heavy atom. The standard InChI is InChI=1S/C8H10N2O2/c1-12-8-4-2-3-6(10-8)7(11)5-9/h2-4H,5,9H2,1H3. The quantitative estimate of drug-likeness (QED) is 0.653. The van der Waals surface area contributed by atoms with Crippen LogP contribution >= 0.6 is 0 Å². The minimum Gasteiger partial charge on any atom is -0.481 e. The number of methoxy groups -OCH3 is 1. The molecule has 4 heteroatoms. The van der Waals surface area contributed by atoms with Crippen LogP contribution in [0.15, 0.2) is 18.2 Å². The van der Waals surface area contributed by atoms with Crippen molar-refractivity contribution < 1.29 is 9.53 Å². The summed E-state index contributed by atoms with van der Waals surface area (Å²) in [7, 11) is 1.50. The zero-order valence-corrected chi connectivity index (χ0v) is 6.78. The summed E-state index contributed by atoms with van der Waals surface area (Å²) < 4.78 is 4.85. The number of ether oxygens (including phenoxy) is 1. The smallest absolute Gasteiger partial charge is 0.213 e. The van der Waals surface area contributed by atoms with Crippen molar-refractivity contribution in [1.29, 1.82) is 0 Å². The molecule has 0 bridgehead atoms. The average molecular weight is 166 g/mol. The molecule has 4 nitrogen and oxygen atoms in total. The van der Waals surface area contributed by atoms with E-state index in [1.165, 1.54) is 7.11 Å². The minimum absolute atomic E-state index is 0.0276. The van der Waals surface area contributed by atoms with Gasteiger partial charge in [-0.2, -0.15) is 0 Å². The van der Waals surface area contributed by atoms with Crippen LogP contribution in [0.25, 0.3) is 0 Å². The third-order valence-corrected chi connectivity index (χ3v) is 1.40. The fourth-order valence-corrected chi connectivity index (χ4v) is 0.788. The Balaban J connectivity index is 2.93. The van der Waals surface area contributed by atoms with Crippen LogP contribution in [0.5, 0.6) is 5.88 Å². The van der Waals surface area contributed by atoms with Gasteiger partial charge in [0, 0.05) is 6.07 Å². The first-order valence-corrected chi connectivity index (χ1v) is 3.52. The Morgan fingerprint density at radius 1 is 1.67 bits per heavy atom. The van der Waals surface area contributed by atoms with Crippen LogP contribution in [-0.4, -0.2) is 24.4 Å². The first kappa shape index (κ1) is 8.67. The molecule has 0 saturated carbocycles. The van der Waals surface area contributed by atoms with E-state index in [0.717, 1.165) is 0 Å². The second-order valence-electron chi connectivity index (χ2n) is 2.19. The molecule has 0 saturated heterocycles. The van der Waals surface area contributed by atoms with E-state index < -0.39 is 0 Å². The molecule has 1 aromatic rings. The number of nitrogens with two attached hydrogens (primary N) is 1. The number of carbonyl (C=O) groups excluding carboxylic acids is 1. The van der Waals surface area contributed by atoms with E-state index in [4.69, 9.17) is 10.5 Å². The number of Topliss-reactive ketones (excluding diaryl/α,β-unsaturated/α-hetero) is 1. The number of hydrogen-bond donors (Lipinski definition) is 1. The molecule has 0 aliphatic carbocycles. The molecule has 0 spiro atoms. The van der Waals surface area contributed by atoms with Crippen LogP contribution in [0.2, 0.25) is 0 Å². The summed E-state index contributed by atoms with van der Waals surface area (Å²) in [4.78, 5) is 14.9. The summed E-state index contributed by atoms with van der Waals surface area (Å²) in [5.41, 5.74) is 5.51. The van der Waals surface area contributed by atoms with Crippen LogP contribution in [0, 0.1) is 0 Å². The van der Waals surface area contributed by atoms with Gasteiger partial charge in [-0.25, -0.2) is 4.98 Å². The second kappa shape index (κ2) is 3.82. The van der Waals surface area contributed by atoms with Gasteiger partial charge in [-0.1, -0.05) is 6.07 Å². The molecule has 0 aliphatic rings. The van der Waals surface area contributed by atoms with Gasteiger partial charge in [-0.05, 0) is 6.07 Å².